The van der Waals surface area contributed by atoms with Crippen LogP contribution >= 0.6 is 11.6 Å². The monoisotopic (exact) mass is 406 g/mol. The maximum atomic E-state index is 11.2. The topological polar surface area (TPSA) is 61.2 Å². The lowest BCUT2D eigenvalue weighted by Crippen LogP contribution is -2.06. The summed E-state index contributed by atoms with van der Waals surface area (Å²) in [7, 11) is -3.44. The molecule has 1 aromatic carbocycles. The number of rotatable bonds is 7. The molecule has 0 atom stereocenters. The van der Waals surface area contributed by atoms with Gasteiger partial charge in [-0.15, -0.1) is 0 Å². The van der Waals surface area contributed by atoms with Gasteiger partial charge in [-0.25, -0.2) is 0 Å². The Morgan fingerprint density at radius 3 is 2.67 bits per heavy atom. The van der Waals surface area contributed by atoms with E-state index in [1.165, 1.54) is 5.56 Å². The third-order valence-electron chi connectivity index (χ3n) is 4.38. The molecule has 0 aliphatic carbocycles. The van der Waals surface area contributed by atoms with E-state index in [9.17, 15) is 8.42 Å². The molecule has 3 rings (SSSR count). The molecule has 0 aliphatic rings. The van der Waals surface area contributed by atoms with Crippen molar-refractivity contribution in [2.75, 3.05) is 12.9 Å². The van der Waals surface area contributed by atoms with E-state index in [0.717, 1.165) is 52.1 Å². The van der Waals surface area contributed by atoms with Gasteiger partial charge in [0.15, 0.2) is 0 Å². The summed E-state index contributed by atoms with van der Waals surface area (Å²) >= 11 is 6.21. The third-order valence-corrected chi connectivity index (χ3v) is 5.21. The van der Waals surface area contributed by atoms with Crippen molar-refractivity contribution in [3.63, 3.8) is 0 Å². The minimum atomic E-state index is -3.44. The Labute approximate surface area is 165 Å². The zero-order chi connectivity index (χ0) is 19.6. The highest BCUT2D eigenvalue weighted by Crippen LogP contribution is 2.28. The van der Waals surface area contributed by atoms with Crippen LogP contribution in [-0.2, 0) is 27.1 Å². The molecule has 0 saturated carbocycles. The van der Waals surface area contributed by atoms with Gasteiger partial charge in [0.2, 0.25) is 0 Å². The standard InChI is InChI=1S/C20H23ClN2O3S/c1-4-5-16-12-17(21)6-7-19(16)23-14(2)10-18-20(23)11-15(13-22-18)8-9-26-27(3,24)25/h6-7,10-13H,4-5,8-9H2,1-3H3. The molecule has 0 saturated heterocycles. The summed E-state index contributed by atoms with van der Waals surface area (Å²) in [5.41, 5.74) is 6.19. The predicted octanol–water partition coefficient (Wildman–Crippen LogP) is 4.46. The van der Waals surface area contributed by atoms with Crippen molar-refractivity contribution in [2.24, 2.45) is 0 Å². The van der Waals surface area contributed by atoms with E-state index in [1.54, 1.807) is 6.20 Å². The normalized spacial score (nSPS) is 12.0. The van der Waals surface area contributed by atoms with E-state index >= 15 is 0 Å². The molecule has 5 nitrogen and oxygen atoms in total. The van der Waals surface area contributed by atoms with Crippen LogP contribution in [0.15, 0.2) is 36.5 Å². The van der Waals surface area contributed by atoms with Crippen LogP contribution in [0.25, 0.3) is 16.7 Å². The lowest BCUT2D eigenvalue weighted by Gasteiger charge is -2.14. The van der Waals surface area contributed by atoms with Crippen molar-refractivity contribution in [2.45, 2.75) is 33.1 Å². The fourth-order valence-corrected chi connectivity index (χ4v) is 3.84. The fraction of sp³-hybridized carbons (Fsp3) is 0.350. The molecule has 27 heavy (non-hydrogen) atoms. The lowest BCUT2D eigenvalue weighted by molar-refractivity contribution is 0.326. The van der Waals surface area contributed by atoms with Gasteiger partial charge in [-0.3, -0.25) is 9.17 Å². The highest BCUT2D eigenvalue weighted by atomic mass is 35.5. The van der Waals surface area contributed by atoms with E-state index in [-0.39, 0.29) is 6.61 Å². The van der Waals surface area contributed by atoms with Crippen LogP contribution in [0.4, 0.5) is 0 Å². The number of aromatic nitrogens is 2. The number of aryl methyl sites for hydroxylation is 2. The molecule has 0 aliphatic heterocycles. The molecule has 0 spiro atoms. The van der Waals surface area contributed by atoms with Gasteiger partial charge in [-0.1, -0.05) is 24.9 Å². The Hall–Kier alpha value is -1.89. The second-order valence-corrected chi connectivity index (χ2v) is 8.75. The van der Waals surface area contributed by atoms with Crippen molar-refractivity contribution < 1.29 is 12.6 Å². The van der Waals surface area contributed by atoms with Gasteiger partial charge in [-0.05, 0) is 61.2 Å². The second-order valence-electron chi connectivity index (χ2n) is 6.67. The van der Waals surface area contributed by atoms with Crippen molar-refractivity contribution in [1.82, 2.24) is 9.55 Å². The summed E-state index contributed by atoms with van der Waals surface area (Å²) in [6, 6.07) is 10.1. The minimum Gasteiger partial charge on any atom is -0.312 e. The molecule has 0 amide bonds. The van der Waals surface area contributed by atoms with Crippen molar-refractivity contribution in [1.29, 1.82) is 0 Å². The van der Waals surface area contributed by atoms with Gasteiger partial charge in [0.25, 0.3) is 10.1 Å². The zero-order valence-corrected chi connectivity index (χ0v) is 17.3. The number of benzene rings is 1. The third kappa shape index (κ3) is 4.69. The summed E-state index contributed by atoms with van der Waals surface area (Å²) in [6.07, 6.45) is 5.26. The Balaban J connectivity index is 2.03. The first kappa shape index (κ1) is 19.9. The van der Waals surface area contributed by atoms with Crippen LogP contribution in [0.1, 0.15) is 30.2 Å². The van der Waals surface area contributed by atoms with Crippen LogP contribution in [0.2, 0.25) is 5.02 Å². The highest BCUT2D eigenvalue weighted by Gasteiger charge is 2.13. The Morgan fingerprint density at radius 1 is 1.19 bits per heavy atom. The lowest BCUT2D eigenvalue weighted by atomic mass is 10.1. The Morgan fingerprint density at radius 2 is 1.96 bits per heavy atom. The molecule has 0 fully saturated rings. The fourth-order valence-electron chi connectivity index (χ4n) is 3.26. The zero-order valence-electron chi connectivity index (χ0n) is 15.7. The molecule has 0 N–H and O–H groups in total. The van der Waals surface area contributed by atoms with Gasteiger partial charge < -0.3 is 4.57 Å². The first-order valence-corrected chi connectivity index (χ1v) is 11.1. The Kier molecular flexibility index (Phi) is 5.89. The molecular formula is C20H23ClN2O3S. The van der Waals surface area contributed by atoms with E-state index < -0.39 is 10.1 Å². The van der Waals surface area contributed by atoms with Crippen molar-refractivity contribution in [3.8, 4) is 5.69 Å². The maximum Gasteiger partial charge on any atom is 0.264 e. The second kappa shape index (κ2) is 8.00. The molecule has 3 aromatic rings. The first-order chi connectivity index (χ1) is 12.8. The summed E-state index contributed by atoms with van der Waals surface area (Å²) in [5.74, 6) is 0. The molecular weight excluding hydrogens is 384 g/mol. The van der Waals surface area contributed by atoms with E-state index in [1.807, 2.05) is 24.3 Å². The molecule has 2 heterocycles. The van der Waals surface area contributed by atoms with Crippen LogP contribution in [0.3, 0.4) is 0 Å². The number of hydrogen-bond acceptors (Lipinski definition) is 4. The van der Waals surface area contributed by atoms with Gasteiger partial charge in [0.1, 0.15) is 0 Å². The first-order valence-electron chi connectivity index (χ1n) is 8.88. The molecule has 0 radical (unpaired) electrons. The number of halogens is 1. The number of nitrogens with zero attached hydrogens (tertiary/aromatic N) is 2. The van der Waals surface area contributed by atoms with Crippen LogP contribution in [0.5, 0.6) is 0 Å². The molecule has 0 bridgehead atoms. The number of hydrogen-bond donors (Lipinski definition) is 0. The summed E-state index contributed by atoms with van der Waals surface area (Å²) in [4.78, 5) is 4.54. The van der Waals surface area contributed by atoms with Crippen molar-refractivity contribution in [3.05, 3.63) is 58.4 Å². The van der Waals surface area contributed by atoms with Gasteiger partial charge in [-0.2, -0.15) is 8.42 Å². The molecule has 144 valence electrons. The van der Waals surface area contributed by atoms with E-state index in [2.05, 4.69) is 29.5 Å². The van der Waals surface area contributed by atoms with Crippen molar-refractivity contribution >= 4 is 32.8 Å². The predicted molar refractivity (Wildman–Crippen MR) is 109 cm³/mol. The smallest absolute Gasteiger partial charge is 0.264 e. The average molecular weight is 407 g/mol. The minimum absolute atomic E-state index is 0.105. The highest BCUT2D eigenvalue weighted by molar-refractivity contribution is 7.85. The molecule has 2 aromatic heterocycles. The SMILES string of the molecule is CCCc1cc(Cl)ccc1-n1c(C)cc2ncc(CCOS(C)(=O)=O)cc21. The van der Waals surface area contributed by atoms with E-state index in [4.69, 9.17) is 15.8 Å². The van der Waals surface area contributed by atoms with E-state index in [0.29, 0.717) is 6.42 Å². The van der Waals surface area contributed by atoms with Crippen LogP contribution < -0.4 is 0 Å². The number of pyridine rings is 1. The maximum absolute atomic E-state index is 11.2. The van der Waals surface area contributed by atoms with Crippen LogP contribution in [-0.4, -0.2) is 30.8 Å². The summed E-state index contributed by atoms with van der Waals surface area (Å²) < 4.78 is 29.3. The molecule has 7 heteroatoms. The molecule has 0 unspecified atom stereocenters. The average Bonchev–Trinajstić information content (AvgIpc) is 2.90. The Bertz CT molecular complexity index is 1070. The van der Waals surface area contributed by atoms with Crippen LogP contribution in [0, 0.1) is 6.92 Å². The summed E-state index contributed by atoms with van der Waals surface area (Å²) in [5, 5.41) is 0.730. The van der Waals surface area contributed by atoms with Gasteiger partial charge in [0, 0.05) is 22.6 Å². The van der Waals surface area contributed by atoms with Gasteiger partial charge in [0.05, 0.1) is 23.9 Å². The quantitative estimate of drug-likeness (QED) is 0.543. The van der Waals surface area contributed by atoms with Gasteiger partial charge >= 0.3 is 0 Å². The largest absolute Gasteiger partial charge is 0.312 e. The number of fused-ring (bicyclic) bond motifs is 1. The summed E-state index contributed by atoms with van der Waals surface area (Å²) in [6.45, 7) is 4.30.